The van der Waals surface area contributed by atoms with E-state index in [4.69, 9.17) is 17.3 Å². The number of hydrogen-bond acceptors (Lipinski definition) is 2. The molecule has 0 bridgehead atoms. The Balaban J connectivity index is 2.94. The highest BCUT2D eigenvalue weighted by Crippen LogP contribution is 2.22. The van der Waals surface area contributed by atoms with E-state index in [1.54, 1.807) is 24.3 Å². The third kappa shape index (κ3) is 2.26. The fraction of sp³-hybridized carbons (Fsp3) is 0.111. The van der Waals surface area contributed by atoms with Crippen LogP contribution in [0.15, 0.2) is 24.3 Å². The summed E-state index contributed by atoms with van der Waals surface area (Å²) in [5.41, 5.74) is 5.99. The molecule has 1 aromatic carbocycles. The smallest absolute Gasteiger partial charge is 0.124 e. The van der Waals surface area contributed by atoms with Gasteiger partial charge in [0.1, 0.15) is 5.75 Å². The van der Waals surface area contributed by atoms with Gasteiger partial charge in [-0.05, 0) is 18.2 Å². The molecule has 0 amide bonds. The van der Waals surface area contributed by atoms with Crippen LogP contribution in [0.4, 0.5) is 0 Å². The molecule has 1 aromatic rings. The van der Waals surface area contributed by atoms with E-state index in [0.717, 1.165) is 5.56 Å². The SMILES string of the molecule is NCC=Cc1ccc(Cl)cc1O. The molecule has 1 rings (SSSR count). The van der Waals surface area contributed by atoms with Gasteiger partial charge in [0.25, 0.3) is 0 Å². The molecular formula is C9H10ClNO. The Kier molecular flexibility index (Phi) is 3.14. The van der Waals surface area contributed by atoms with E-state index in [9.17, 15) is 5.11 Å². The lowest BCUT2D eigenvalue weighted by Crippen LogP contribution is -1.91. The topological polar surface area (TPSA) is 46.2 Å². The lowest BCUT2D eigenvalue weighted by atomic mass is 10.2. The molecule has 0 fully saturated rings. The molecule has 2 nitrogen and oxygen atoms in total. The van der Waals surface area contributed by atoms with Crippen LogP contribution in [0.5, 0.6) is 5.75 Å². The number of rotatable bonds is 2. The molecule has 0 atom stereocenters. The van der Waals surface area contributed by atoms with Gasteiger partial charge in [0.2, 0.25) is 0 Å². The number of benzene rings is 1. The maximum absolute atomic E-state index is 9.34. The minimum atomic E-state index is 0.173. The molecule has 3 heteroatoms. The highest BCUT2D eigenvalue weighted by atomic mass is 35.5. The fourth-order valence-corrected chi connectivity index (χ4v) is 1.02. The molecule has 0 saturated heterocycles. The number of aromatic hydroxyl groups is 1. The van der Waals surface area contributed by atoms with Crippen molar-refractivity contribution < 1.29 is 5.11 Å². The molecule has 0 heterocycles. The van der Waals surface area contributed by atoms with Gasteiger partial charge in [-0.15, -0.1) is 0 Å². The molecule has 12 heavy (non-hydrogen) atoms. The maximum atomic E-state index is 9.34. The lowest BCUT2D eigenvalue weighted by Gasteiger charge is -1.98. The first-order chi connectivity index (χ1) is 5.74. The molecule has 0 aliphatic heterocycles. The van der Waals surface area contributed by atoms with Crippen LogP contribution >= 0.6 is 11.6 Å². The third-order valence-electron chi connectivity index (χ3n) is 1.43. The van der Waals surface area contributed by atoms with Gasteiger partial charge in [-0.3, -0.25) is 0 Å². The van der Waals surface area contributed by atoms with Crippen LogP contribution in [0.1, 0.15) is 5.56 Å². The average Bonchev–Trinajstić information content (AvgIpc) is 2.03. The number of phenolic OH excluding ortho intramolecular Hbond substituents is 1. The first-order valence-corrected chi connectivity index (χ1v) is 3.97. The Hall–Kier alpha value is -0.990. The van der Waals surface area contributed by atoms with Crippen LogP contribution < -0.4 is 5.73 Å². The van der Waals surface area contributed by atoms with Gasteiger partial charge in [0, 0.05) is 17.1 Å². The van der Waals surface area contributed by atoms with Gasteiger partial charge in [-0.1, -0.05) is 23.8 Å². The van der Waals surface area contributed by atoms with Gasteiger partial charge in [0.05, 0.1) is 0 Å². The summed E-state index contributed by atoms with van der Waals surface area (Å²) < 4.78 is 0. The predicted molar refractivity (Wildman–Crippen MR) is 51.2 cm³/mol. The first kappa shape index (κ1) is 9.10. The van der Waals surface area contributed by atoms with E-state index in [1.807, 2.05) is 0 Å². The summed E-state index contributed by atoms with van der Waals surface area (Å²) in [5.74, 6) is 0.173. The summed E-state index contributed by atoms with van der Waals surface area (Å²) in [5, 5.41) is 9.87. The summed E-state index contributed by atoms with van der Waals surface area (Å²) in [6, 6.07) is 4.96. The van der Waals surface area contributed by atoms with Gasteiger partial charge in [-0.2, -0.15) is 0 Å². The summed E-state index contributed by atoms with van der Waals surface area (Å²) in [4.78, 5) is 0. The molecule has 0 aromatic heterocycles. The molecule has 0 aliphatic rings. The van der Waals surface area contributed by atoms with Crippen LogP contribution in [0.25, 0.3) is 6.08 Å². The first-order valence-electron chi connectivity index (χ1n) is 3.59. The second kappa shape index (κ2) is 4.14. The lowest BCUT2D eigenvalue weighted by molar-refractivity contribution is 0.474. The normalized spacial score (nSPS) is 10.8. The van der Waals surface area contributed by atoms with Crippen molar-refractivity contribution in [2.75, 3.05) is 6.54 Å². The number of phenols is 1. The van der Waals surface area contributed by atoms with Crippen molar-refractivity contribution in [1.29, 1.82) is 0 Å². The zero-order valence-corrected chi connectivity index (χ0v) is 7.25. The van der Waals surface area contributed by atoms with E-state index < -0.39 is 0 Å². The Labute approximate surface area is 76.3 Å². The molecule has 0 aliphatic carbocycles. The Morgan fingerprint density at radius 2 is 2.25 bits per heavy atom. The number of halogens is 1. The van der Waals surface area contributed by atoms with E-state index in [1.165, 1.54) is 6.07 Å². The Bertz CT molecular complexity index is 297. The highest BCUT2D eigenvalue weighted by molar-refractivity contribution is 6.30. The van der Waals surface area contributed by atoms with Crippen LogP contribution in [0.3, 0.4) is 0 Å². The average molecular weight is 184 g/mol. The van der Waals surface area contributed by atoms with Crippen molar-refractivity contribution in [2.24, 2.45) is 5.73 Å². The maximum Gasteiger partial charge on any atom is 0.124 e. The summed E-state index contributed by atoms with van der Waals surface area (Å²) in [6.07, 6.45) is 3.52. The fourth-order valence-electron chi connectivity index (χ4n) is 0.853. The van der Waals surface area contributed by atoms with Gasteiger partial charge < -0.3 is 10.8 Å². The third-order valence-corrected chi connectivity index (χ3v) is 1.66. The zero-order chi connectivity index (χ0) is 8.97. The molecule has 0 unspecified atom stereocenters. The molecule has 0 spiro atoms. The van der Waals surface area contributed by atoms with E-state index in [-0.39, 0.29) is 5.75 Å². The molecule has 0 radical (unpaired) electrons. The van der Waals surface area contributed by atoms with Crippen molar-refractivity contribution in [3.8, 4) is 5.75 Å². The van der Waals surface area contributed by atoms with E-state index in [0.29, 0.717) is 11.6 Å². The zero-order valence-electron chi connectivity index (χ0n) is 6.50. The molecule has 0 saturated carbocycles. The van der Waals surface area contributed by atoms with Crippen LogP contribution in [-0.4, -0.2) is 11.7 Å². The van der Waals surface area contributed by atoms with Crippen LogP contribution in [-0.2, 0) is 0 Å². The largest absolute Gasteiger partial charge is 0.507 e. The predicted octanol–water partition coefficient (Wildman–Crippen LogP) is 2.02. The van der Waals surface area contributed by atoms with E-state index in [2.05, 4.69) is 0 Å². The van der Waals surface area contributed by atoms with Crippen molar-refractivity contribution in [2.45, 2.75) is 0 Å². The van der Waals surface area contributed by atoms with Crippen LogP contribution in [0.2, 0.25) is 5.02 Å². The molecule has 3 N–H and O–H groups in total. The van der Waals surface area contributed by atoms with Crippen molar-refractivity contribution >= 4 is 17.7 Å². The monoisotopic (exact) mass is 183 g/mol. The van der Waals surface area contributed by atoms with Gasteiger partial charge in [0.15, 0.2) is 0 Å². The molecular weight excluding hydrogens is 174 g/mol. The minimum absolute atomic E-state index is 0.173. The highest BCUT2D eigenvalue weighted by Gasteiger charge is 1.96. The van der Waals surface area contributed by atoms with E-state index >= 15 is 0 Å². The quantitative estimate of drug-likeness (QED) is 0.737. The number of hydrogen-bond donors (Lipinski definition) is 2. The summed E-state index contributed by atoms with van der Waals surface area (Å²) in [6.45, 7) is 0.460. The van der Waals surface area contributed by atoms with Crippen molar-refractivity contribution in [3.05, 3.63) is 34.9 Å². The summed E-state index contributed by atoms with van der Waals surface area (Å²) >= 11 is 5.64. The second-order valence-electron chi connectivity index (χ2n) is 2.34. The Morgan fingerprint density at radius 1 is 1.50 bits per heavy atom. The minimum Gasteiger partial charge on any atom is -0.507 e. The second-order valence-corrected chi connectivity index (χ2v) is 2.78. The standard InChI is InChI=1S/C9H10ClNO/c10-8-4-3-7(2-1-5-11)9(12)6-8/h1-4,6,12H,5,11H2. The number of nitrogens with two attached hydrogens (primary N) is 1. The van der Waals surface area contributed by atoms with Gasteiger partial charge >= 0.3 is 0 Å². The van der Waals surface area contributed by atoms with Crippen molar-refractivity contribution in [3.63, 3.8) is 0 Å². The van der Waals surface area contributed by atoms with Crippen molar-refractivity contribution in [1.82, 2.24) is 0 Å². The summed E-state index contributed by atoms with van der Waals surface area (Å²) in [7, 11) is 0. The molecule has 64 valence electrons. The van der Waals surface area contributed by atoms with Crippen LogP contribution in [0, 0.1) is 0 Å². The van der Waals surface area contributed by atoms with Gasteiger partial charge in [-0.25, -0.2) is 0 Å². The Morgan fingerprint density at radius 3 is 2.83 bits per heavy atom.